The molecule has 3 heterocycles. The SMILES string of the molecule is Cc1cc2c(=O)n(Cc3noc(C4CCC4)n3)cnc2s1. The minimum Gasteiger partial charge on any atom is -0.339 e. The lowest BCUT2D eigenvalue weighted by atomic mass is 9.85. The normalized spacial score (nSPS) is 15.5. The molecule has 4 rings (SSSR count). The van der Waals surface area contributed by atoms with E-state index in [2.05, 4.69) is 15.1 Å². The predicted octanol–water partition coefficient (Wildman–Crippen LogP) is 2.47. The number of fused-ring (bicyclic) bond motifs is 1. The van der Waals surface area contributed by atoms with Crippen LogP contribution >= 0.6 is 11.3 Å². The van der Waals surface area contributed by atoms with Gasteiger partial charge in [-0.1, -0.05) is 11.6 Å². The topological polar surface area (TPSA) is 73.8 Å². The zero-order chi connectivity index (χ0) is 14.4. The summed E-state index contributed by atoms with van der Waals surface area (Å²) in [5.74, 6) is 1.64. The van der Waals surface area contributed by atoms with Crippen molar-refractivity contribution in [2.45, 2.75) is 38.6 Å². The van der Waals surface area contributed by atoms with Crippen molar-refractivity contribution in [2.24, 2.45) is 0 Å². The maximum Gasteiger partial charge on any atom is 0.262 e. The number of aromatic nitrogens is 4. The van der Waals surface area contributed by atoms with Crippen molar-refractivity contribution in [3.63, 3.8) is 0 Å². The molecule has 1 saturated carbocycles. The zero-order valence-corrected chi connectivity index (χ0v) is 12.4. The van der Waals surface area contributed by atoms with Gasteiger partial charge in [-0.25, -0.2) is 4.98 Å². The standard InChI is InChI=1S/C14H14N4O2S/c1-8-5-10-13(21-8)15-7-18(14(10)19)6-11-16-12(20-17-11)9-3-2-4-9/h5,7,9H,2-4,6H2,1H3. The van der Waals surface area contributed by atoms with Crippen LogP contribution in [-0.2, 0) is 6.54 Å². The molecule has 21 heavy (non-hydrogen) atoms. The molecule has 0 aromatic carbocycles. The second-order valence-electron chi connectivity index (χ2n) is 5.43. The lowest BCUT2D eigenvalue weighted by Crippen LogP contribution is -2.21. The summed E-state index contributed by atoms with van der Waals surface area (Å²) in [6.45, 7) is 2.27. The first-order chi connectivity index (χ1) is 10.2. The minimum atomic E-state index is -0.0562. The van der Waals surface area contributed by atoms with Crippen LogP contribution in [0.1, 0.15) is 41.8 Å². The highest BCUT2D eigenvalue weighted by molar-refractivity contribution is 7.18. The van der Waals surface area contributed by atoms with Crippen LogP contribution in [0.4, 0.5) is 0 Å². The lowest BCUT2D eigenvalue weighted by Gasteiger charge is -2.20. The van der Waals surface area contributed by atoms with Crippen molar-refractivity contribution in [3.8, 4) is 0 Å². The molecule has 0 unspecified atom stereocenters. The van der Waals surface area contributed by atoms with Crippen LogP contribution in [0, 0.1) is 6.92 Å². The molecule has 3 aromatic rings. The zero-order valence-electron chi connectivity index (χ0n) is 11.6. The van der Waals surface area contributed by atoms with E-state index in [0.29, 0.717) is 29.6 Å². The van der Waals surface area contributed by atoms with Crippen LogP contribution in [0.15, 0.2) is 21.7 Å². The average Bonchev–Trinajstić information content (AvgIpc) is 2.98. The van der Waals surface area contributed by atoms with Gasteiger partial charge in [0.05, 0.1) is 18.3 Å². The van der Waals surface area contributed by atoms with E-state index in [1.807, 2.05) is 13.0 Å². The predicted molar refractivity (Wildman–Crippen MR) is 78.6 cm³/mol. The molecule has 0 amide bonds. The smallest absolute Gasteiger partial charge is 0.262 e. The Morgan fingerprint density at radius 1 is 1.48 bits per heavy atom. The highest BCUT2D eigenvalue weighted by Gasteiger charge is 2.25. The van der Waals surface area contributed by atoms with E-state index >= 15 is 0 Å². The molecule has 1 fully saturated rings. The third-order valence-electron chi connectivity index (χ3n) is 3.89. The van der Waals surface area contributed by atoms with Gasteiger partial charge in [0.15, 0.2) is 5.82 Å². The summed E-state index contributed by atoms with van der Waals surface area (Å²) in [6, 6.07) is 1.88. The monoisotopic (exact) mass is 302 g/mol. The third kappa shape index (κ3) is 2.17. The van der Waals surface area contributed by atoms with Crippen molar-refractivity contribution in [3.05, 3.63) is 39.3 Å². The highest BCUT2D eigenvalue weighted by Crippen LogP contribution is 2.35. The molecular weight excluding hydrogens is 288 g/mol. The Bertz CT molecular complexity index is 859. The number of rotatable bonds is 3. The molecule has 0 bridgehead atoms. The average molecular weight is 302 g/mol. The van der Waals surface area contributed by atoms with Gasteiger partial charge in [0.25, 0.3) is 5.56 Å². The van der Waals surface area contributed by atoms with Crippen molar-refractivity contribution in [1.29, 1.82) is 0 Å². The highest BCUT2D eigenvalue weighted by atomic mass is 32.1. The molecule has 0 spiro atoms. The van der Waals surface area contributed by atoms with E-state index < -0.39 is 0 Å². The Morgan fingerprint density at radius 2 is 2.33 bits per heavy atom. The molecule has 0 atom stereocenters. The first-order valence-corrected chi connectivity index (χ1v) is 7.80. The van der Waals surface area contributed by atoms with Crippen LogP contribution in [0.5, 0.6) is 0 Å². The molecule has 1 aliphatic carbocycles. The van der Waals surface area contributed by atoms with Crippen LogP contribution in [0.25, 0.3) is 10.2 Å². The lowest BCUT2D eigenvalue weighted by molar-refractivity contribution is 0.291. The van der Waals surface area contributed by atoms with E-state index in [1.54, 1.807) is 6.33 Å². The summed E-state index contributed by atoms with van der Waals surface area (Å²) >= 11 is 1.53. The molecule has 1 aliphatic rings. The Kier molecular flexibility index (Phi) is 2.88. The van der Waals surface area contributed by atoms with Gasteiger partial charge in [-0.3, -0.25) is 9.36 Å². The molecule has 108 valence electrons. The van der Waals surface area contributed by atoms with E-state index in [-0.39, 0.29) is 5.56 Å². The van der Waals surface area contributed by atoms with Crippen LogP contribution < -0.4 is 5.56 Å². The Labute approximate surface area is 124 Å². The third-order valence-corrected chi connectivity index (χ3v) is 4.85. The fraction of sp³-hybridized carbons (Fsp3) is 0.429. The molecule has 7 heteroatoms. The van der Waals surface area contributed by atoms with Gasteiger partial charge in [0, 0.05) is 10.8 Å². The van der Waals surface area contributed by atoms with Crippen molar-refractivity contribution < 1.29 is 4.52 Å². The van der Waals surface area contributed by atoms with E-state index in [0.717, 1.165) is 22.5 Å². The van der Waals surface area contributed by atoms with Gasteiger partial charge in [0.2, 0.25) is 5.89 Å². The van der Waals surface area contributed by atoms with Gasteiger partial charge in [-0.15, -0.1) is 11.3 Å². The number of hydrogen-bond acceptors (Lipinski definition) is 6. The van der Waals surface area contributed by atoms with Crippen LogP contribution in [0.3, 0.4) is 0 Å². The van der Waals surface area contributed by atoms with Gasteiger partial charge in [-0.2, -0.15) is 4.98 Å². The quantitative estimate of drug-likeness (QED) is 0.743. The molecule has 6 nitrogen and oxygen atoms in total. The molecular formula is C14H14N4O2S. The number of nitrogens with zero attached hydrogens (tertiary/aromatic N) is 4. The van der Waals surface area contributed by atoms with Gasteiger partial charge < -0.3 is 4.52 Å². The summed E-state index contributed by atoms with van der Waals surface area (Å²) in [4.78, 5) is 23.0. The van der Waals surface area contributed by atoms with Gasteiger partial charge in [-0.05, 0) is 25.8 Å². The second kappa shape index (κ2) is 4.77. The maximum absolute atomic E-state index is 12.4. The minimum absolute atomic E-state index is 0.0562. The van der Waals surface area contributed by atoms with E-state index in [9.17, 15) is 4.79 Å². The summed E-state index contributed by atoms with van der Waals surface area (Å²) in [7, 11) is 0. The van der Waals surface area contributed by atoms with Crippen LogP contribution in [-0.4, -0.2) is 19.7 Å². The fourth-order valence-electron chi connectivity index (χ4n) is 2.50. The van der Waals surface area contributed by atoms with E-state index in [4.69, 9.17) is 4.52 Å². The Morgan fingerprint density at radius 3 is 3.10 bits per heavy atom. The number of thiophene rings is 1. The molecule has 0 saturated heterocycles. The first-order valence-electron chi connectivity index (χ1n) is 6.99. The van der Waals surface area contributed by atoms with Gasteiger partial charge >= 0.3 is 0 Å². The molecule has 0 N–H and O–H groups in total. The largest absolute Gasteiger partial charge is 0.339 e. The van der Waals surface area contributed by atoms with Crippen molar-refractivity contribution in [1.82, 2.24) is 19.7 Å². The molecule has 3 aromatic heterocycles. The Balaban J connectivity index is 1.65. The molecule has 0 aliphatic heterocycles. The molecule has 0 radical (unpaired) electrons. The van der Waals surface area contributed by atoms with Crippen molar-refractivity contribution >= 4 is 21.6 Å². The number of aryl methyl sites for hydroxylation is 1. The Hall–Kier alpha value is -2.02. The van der Waals surface area contributed by atoms with Crippen LogP contribution in [0.2, 0.25) is 0 Å². The summed E-state index contributed by atoms with van der Waals surface area (Å²) in [5, 5.41) is 4.63. The first kappa shape index (κ1) is 12.7. The fourth-order valence-corrected chi connectivity index (χ4v) is 3.34. The van der Waals surface area contributed by atoms with Gasteiger partial charge in [0.1, 0.15) is 4.83 Å². The number of hydrogen-bond donors (Lipinski definition) is 0. The maximum atomic E-state index is 12.4. The van der Waals surface area contributed by atoms with E-state index in [1.165, 1.54) is 22.3 Å². The second-order valence-corrected chi connectivity index (χ2v) is 6.66. The summed E-state index contributed by atoms with van der Waals surface area (Å²) < 4.78 is 6.81. The van der Waals surface area contributed by atoms with Crippen molar-refractivity contribution in [2.75, 3.05) is 0 Å². The summed E-state index contributed by atoms with van der Waals surface area (Å²) in [6.07, 6.45) is 5.01. The summed E-state index contributed by atoms with van der Waals surface area (Å²) in [5.41, 5.74) is -0.0562.